The summed E-state index contributed by atoms with van der Waals surface area (Å²) in [5.74, 6) is -0.136. The van der Waals surface area contributed by atoms with E-state index in [0.29, 0.717) is 65.4 Å². The van der Waals surface area contributed by atoms with Crippen molar-refractivity contribution in [3.05, 3.63) is 0 Å². The van der Waals surface area contributed by atoms with Gasteiger partial charge in [-0.2, -0.15) is 0 Å². The van der Waals surface area contributed by atoms with Gasteiger partial charge in [0, 0.05) is 51.2 Å². The van der Waals surface area contributed by atoms with E-state index in [1.54, 1.807) is 6.92 Å². The van der Waals surface area contributed by atoms with Gasteiger partial charge in [0.15, 0.2) is 5.72 Å². The predicted octanol–water partition coefficient (Wildman–Crippen LogP) is 12.6. The van der Waals surface area contributed by atoms with Gasteiger partial charge in [0.05, 0.1) is 44.2 Å². The number of carbonyl (C=O) groups excluding carboxylic acids is 3. The maximum atomic E-state index is 14.2. The molecule has 0 aliphatic rings. The van der Waals surface area contributed by atoms with Gasteiger partial charge in [0.25, 0.3) is 0 Å². The zero-order valence-corrected chi connectivity index (χ0v) is 49.9. The van der Waals surface area contributed by atoms with E-state index in [1.165, 1.54) is 83.5 Å². The lowest BCUT2D eigenvalue weighted by Crippen LogP contribution is -2.61. The standard InChI is InChI=1S/C59H118N4O11/c1-13-17-18-19-20-21-22-23-24-25-26-27-28-29-33-44-70-50(5)74-54(67)62-40-32-30-31-35-52(65)61-41-34-37-56(8,9)71-47-39-58(12,16-4)72-46-38-55(6,7)57(10,11)53(66)63-59(73-43-15-3,48-68-42-14-2)49-69-45-36-51(60)64/h50-51,64H,13-49,60H2,1-12H3,(H,61,65)(H,62,67)(H,63,66). The van der Waals surface area contributed by atoms with Crippen LogP contribution in [0.4, 0.5) is 4.79 Å². The van der Waals surface area contributed by atoms with Crippen LogP contribution in [-0.4, -0.2) is 118 Å². The number of nitrogens with one attached hydrogen (secondary N) is 3. The largest absolute Gasteiger partial charge is 0.420 e. The molecular formula is C59H118N4O11. The lowest BCUT2D eigenvalue weighted by molar-refractivity contribution is -0.174. The first-order chi connectivity index (χ1) is 35.1. The minimum absolute atomic E-state index is 0.0381. The van der Waals surface area contributed by atoms with E-state index in [1.807, 2.05) is 27.7 Å². The summed E-state index contributed by atoms with van der Waals surface area (Å²) in [5, 5.41) is 18.6. The first-order valence-corrected chi connectivity index (χ1v) is 29.8. The van der Waals surface area contributed by atoms with Crippen molar-refractivity contribution < 1.29 is 52.6 Å². The Balaban J connectivity index is 4.41. The zero-order valence-electron chi connectivity index (χ0n) is 49.9. The van der Waals surface area contributed by atoms with Gasteiger partial charge in [0.1, 0.15) is 6.23 Å². The molecule has 0 aromatic carbocycles. The number of aliphatic hydroxyl groups is 1. The first-order valence-electron chi connectivity index (χ1n) is 29.8. The van der Waals surface area contributed by atoms with Crippen LogP contribution in [0.2, 0.25) is 0 Å². The van der Waals surface area contributed by atoms with Crippen LogP contribution in [0, 0.1) is 10.8 Å². The Morgan fingerprint density at radius 2 is 1.09 bits per heavy atom. The SMILES string of the molecule is CCCCCCCCCCCCCCCCCOC(C)OC(=O)NCCCCCC(=O)NCCCC(C)(C)OCCC(C)(CC)OCCC(C)(C)C(C)(C)C(=O)NC(COCCC)(COCCC(N)O)OCCC. The highest BCUT2D eigenvalue weighted by atomic mass is 16.7. The molecule has 0 aromatic heterocycles. The fraction of sp³-hybridized carbons (Fsp3) is 0.949. The topological polar surface area (TPSA) is 198 Å². The van der Waals surface area contributed by atoms with Gasteiger partial charge in [-0.25, -0.2) is 4.79 Å². The lowest BCUT2D eigenvalue weighted by atomic mass is 9.65. The molecule has 15 heteroatoms. The Kier molecular flexibility index (Phi) is 41.6. The number of unbranched alkanes of at least 4 members (excludes halogenated alkanes) is 16. The molecule has 0 bridgehead atoms. The molecule has 0 spiro atoms. The van der Waals surface area contributed by atoms with Crippen molar-refractivity contribution in [1.82, 2.24) is 16.0 Å². The number of hydrogen-bond acceptors (Lipinski definition) is 12. The number of rotatable bonds is 52. The molecule has 0 heterocycles. The summed E-state index contributed by atoms with van der Waals surface area (Å²) < 4.78 is 42.1. The second-order valence-electron chi connectivity index (χ2n) is 23.0. The van der Waals surface area contributed by atoms with E-state index >= 15 is 0 Å². The van der Waals surface area contributed by atoms with Crippen molar-refractivity contribution in [2.75, 3.05) is 65.9 Å². The zero-order chi connectivity index (χ0) is 55.6. The maximum absolute atomic E-state index is 14.2. The third-order valence-corrected chi connectivity index (χ3v) is 14.8. The van der Waals surface area contributed by atoms with Gasteiger partial charge in [-0.15, -0.1) is 0 Å². The Morgan fingerprint density at radius 1 is 0.554 bits per heavy atom. The quantitative estimate of drug-likeness (QED) is 0.0286. The number of aliphatic hydroxyl groups excluding tert-OH is 1. The van der Waals surface area contributed by atoms with E-state index in [-0.39, 0.29) is 43.7 Å². The van der Waals surface area contributed by atoms with Gasteiger partial charge < -0.3 is 59.9 Å². The molecule has 0 saturated carbocycles. The van der Waals surface area contributed by atoms with Gasteiger partial charge in [-0.05, 0) is 97.3 Å². The van der Waals surface area contributed by atoms with Crippen LogP contribution in [0.1, 0.15) is 256 Å². The predicted molar refractivity (Wildman–Crippen MR) is 301 cm³/mol. The molecule has 440 valence electrons. The maximum Gasteiger partial charge on any atom is 0.409 e. The molecule has 0 radical (unpaired) electrons. The van der Waals surface area contributed by atoms with E-state index in [2.05, 4.69) is 64.4 Å². The first kappa shape index (κ1) is 71.9. The van der Waals surface area contributed by atoms with Crippen molar-refractivity contribution in [3.8, 4) is 0 Å². The molecule has 74 heavy (non-hydrogen) atoms. The smallest absolute Gasteiger partial charge is 0.409 e. The Labute approximate surface area is 453 Å². The molecule has 0 aliphatic carbocycles. The third kappa shape index (κ3) is 36.8. The van der Waals surface area contributed by atoms with Crippen LogP contribution in [0.5, 0.6) is 0 Å². The molecule has 15 nitrogen and oxygen atoms in total. The molecule has 0 rings (SSSR count). The molecule has 0 aromatic rings. The van der Waals surface area contributed by atoms with Gasteiger partial charge >= 0.3 is 6.09 Å². The highest BCUT2D eigenvalue weighted by Gasteiger charge is 2.46. The molecule has 4 atom stereocenters. The number of alkyl carbamates (subject to hydrolysis) is 1. The van der Waals surface area contributed by atoms with Crippen LogP contribution >= 0.6 is 0 Å². The Bertz CT molecular complexity index is 1390. The Morgan fingerprint density at radius 3 is 1.66 bits per heavy atom. The summed E-state index contributed by atoms with van der Waals surface area (Å²) in [6, 6.07) is 0. The minimum atomic E-state index is -1.20. The van der Waals surface area contributed by atoms with Crippen LogP contribution in [-0.2, 0) is 42.7 Å². The summed E-state index contributed by atoms with van der Waals surface area (Å²) in [4.78, 5) is 38.9. The summed E-state index contributed by atoms with van der Waals surface area (Å²) in [6.45, 7) is 28.6. The number of ether oxygens (including phenoxy) is 7. The van der Waals surface area contributed by atoms with Gasteiger partial charge in [-0.1, -0.05) is 152 Å². The summed E-state index contributed by atoms with van der Waals surface area (Å²) >= 11 is 0. The molecular weight excluding hydrogens is 941 g/mol. The molecule has 6 N–H and O–H groups in total. The van der Waals surface area contributed by atoms with E-state index in [4.69, 9.17) is 38.9 Å². The Hall–Kier alpha value is -2.11. The van der Waals surface area contributed by atoms with Crippen molar-refractivity contribution in [2.24, 2.45) is 16.6 Å². The second-order valence-corrected chi connectivity index (χ2v) is 23.0. The van der Waals surface area contributed by atoms with Gasteiger partial charge in [-0.3, -0.25) is 9.59 Å². The van der Waals surface area contributed by atoms with Gasteiger partial charge in [0.2, 0.25) is 18.1 Å². The highest BCUT2D eigenvalue weighted by molar-refractivity contribution is 5.83. The summed E-state index contributed by atoms with van der Waals surface area (Å²) in [7, 11) is 0. The van der Waals surface area contributed by atoms with Crippen molar-refractivity contribution in [1.29, 1.82) is 0 Å². The average molecular weight is 1060 g/mol. The average Bonchev–Trinajstić information content (AvgIpc) is 3.34. The number of carbonyl (C=O) groups is 3. The van der Waals surface area contributed by atoms with Crippen LogP contribution < -0.4 is 21.7 Å². The number of hydrogen-bond donors (Lipinski definition) is 5. The second kappa shape index (κ2) is 42.9. The van der Waals surface area contributed by atoms with Crippen LogP contribution in [0.3, 0.4) is 0 Å². The summed E-state index contributed by atoms with van der Waals surface area (Å²) in [6.07, 6.45) is 26.2. The number of nitrogens with two attached hydrogens (primary N) is 1. The monoisotopic (exact) mass is 1060 g/mol. The van der Waals surface area contributed by atoms with Crippen LogP contribution in [0.25, 0.3) is 0 Å². The lowest BCUT2D eigenvalue weighted by Gasteiger charge is -2.44. The van der Waals surface area contributed by atoms with E-state index in [9.17, 15) is 19.5 Å². The minimum Gasteiger partial charge on any atom is -0.420 e. The molecule has 0 aliphatic heterocycles. The molecule has 0 fully saturated rings. The summed E-state index contributed by atoms with van der Waals surface area (Å²) in [5.41, 5.74) is 2.27. The normalized spacial score (nSPS) is 14.8. The fourth-order valence-corrected chi connectivity index (χ4v) is 8.41. The molecule has 3 amide bonds. The fourth-order valence-electron chi connectivity index (χ4n) is 8.41. The van der Waals surface area contributed by atoms with Crippen LogP contribution in [0.15, 0.2) is 0 Å². The highest BCUT2D eigenvalue weighted by Crippen LogP contribution is 2.42. The van der Waals surface area contributed by atoms with Crippen molar-refractivity contribution in [2.45, 2.75) is 286 Å². The van der Waals surface area contributed by atoms with Crippen molar-refractivity contribution in [3.63, 3.8) is 0 Å². The molecule has 0 saturated heterocycles. The third-order valence-electron chi connectivity index (χ3n) is 14.8. The van der Waals surface area contributed by atoms with E-state index < -0.39 is 40.8 Å². The van der Waals surface area contributed by atoms with E-state index in [0.717, 1.165) is 64.2 Å². The van der Waals surface area contributed by atoms with Crippen molar-refractivity contribution >= 4 is 17.9 Å². The number of amides is 3. The molecule has 4 unspecified atom stereocenters.